The SMILES string of the molecule is Cc1ccc(C2(C)CCOC2O)cc1. The third-order valence-electron chi connectivity index (χ3n) is 3.15. The van der Waals surface area contributed by atoms with Crippen molar-refractivity contribution >= 4 is 0 Å². The lowest BCUT2D eigenvalue weighted by Crippen LogP contribution is -2.31. The Labute approximate surface area is 84.5 Å². The topological polar surface area (TPSA) is 29.5 Å². The number of benzene rings is 1. The van der Waals surface area contributed by atoms with Gasteiger partial charge in [-0.1, -0.05) is 36.8 Å². The molecule has 1 heterocycles. The van der Waals surface area contributed by atoms with Crippen LogP contribution < -0.4 is 0 Å². The van der Waals surface area contributed by atoms with E-state index in [0.29, 0.717) is 6.61 Å². The van der Waals surface area contributed by atoms with E-state index in [9.17, 15) is 5.11 Å². The van der Waals surface area contributed by atoms with Crippen LogP contribution in [0.15, 0.2) is 24.3 Å². The molecule has 0 saturated carbocycles. The maximum absolute atomic E-state index is 9.75. The molecule has 2 nitrogen and oxygen atoms in total. The van der Waals surface area contributed by atoms with E-state index in [4.69, 9.17) is 4.74 Å². The average molecular weight is 192 g/mol. The Morgan fingerprint density at radius 2 is 2.00 bits per heavy atom. The van der Waals surface area contributed by atoms with Crippen molar-refractivity contribution < 1.29 is 9.84 Å². The first-order chi connectivity index (χ1) is 6.63. The Bertz CT molecular complexity index is 318. The molecule has 2 rings (SSSR count). The van der Waals surface area contributed by atoms with Crippen molar-refractivity contribution in [2.45, 2.75) is 32.0 Å². The molecule has 14 heavy (non-hydrogen) atoms. The van der Waals surface area contributed by atoms with E-state index >= 15 is 0 Å². The molecule has 0 amide bonds. The minimum atomic E-state index is -0.662. The van der Waals surface area contributed by atoms with Gasteiger partial charge in [-0.25, -0.2) is 0 Å². The largest absolute Gasteiger partial charge is 0.367 e. The van der Waals surface area contributed by atoms with E-state index < -0.39 is 6.29 Å². The molecule has 1 N–H and O–H groups in total. The second kappa shape index (κ2) is 3.37. The zero-order valence-electron chi connectivity index (χ0n) is 8.66. The molecule has 1 saturated heterocycles. The van der Waals surface area contributed by atoms with Gasteiger partial charge in [-0.15, -0.1) is 0 Å². The fourth-order valence-corrected chi connectivity index (χ4v) is 1.91. The zero-order valence-corrected chi connectivity index (χ0v) is 8.66. The minimum absolute atomic E-state index is 0.228. The molecule has 76 valence electrons. The van der Waals surface area contributed by atoms with Crippen molar-refractivity contribution in [1.29, 1.82) is 0 Å². The first-order valence-corrected chi connectivity index (χ1v) is 5.00. The highest BCUT2D eigenvalue weighted by molar-refractivity contribution is 5.29. The number of ether oxygens (including phenoxy) is 1. The molecule has 1 aromatic rings. The second-order valence-electron chi connectivity index (χ2n) is 4.26. The van der Waals surface area contributed by atoms with E-state index in [1.165, 1.54) is 5.56 Å². The van der Waals surface area contributed by atoms with Crippen molar-refractivity contribution in [2.75, 3.05) is 6.61 Å². The predicted molar refractivity (Wildman–Crippen MR) is 55.1 cm³/mol. The summed E-state index contributed by atoms with van der Waals surface area (Å²) in [6.45, 7) is 4.76. The summed E-state index contributed by atoms with van der Waals surface area (Å²) in [6.07, 6.45) is 0.224. The van der Waals surface area contributed by atoms with Crippen LogP contribution in [0.5, 0.6) is 0 Å². The summed E-state index contributed by atoms with van der Waals surface area (Å²) >= 11 is 0. The van der Waals surface area contributed by atoms with Gasteiger partial charge in [-0.2, -0.15) is 0 Å². The fourth-order valence-electron chi connectivity index (χ4n) is 1.91. The summed E-state index contributed by atoms with van der Waals surface area (Å²) in [7, 11) is 0. The van der Waals surface area contributed by atoms with Gasteiger partial charge in [0.1, 0.15) is 0 Å². The molecular formula is C12H16O2. The van der Waals surface area contributed by atoms with Gasteiger partial charge >= 0.3 is 0 Å². The van der Waals surface area contributed by atoms with Crippen molar-refractivity contribution in [3.63, 3.8) is 0 Å². The number of aryl methyl sites for hydroxylation is 1. The van der Waals surface area contributed by atoms with E-state index in [1.54, 1.807) is 0 Å². The highest BCUT2D eigenvalue weighted by Crippen LogP contribution is 2.36. The Morgan fingerprint density at radius 3 is 2.50 bits per heavy atom. The second-order valence-corrected chi connectivity index (χ2v) is 4.26. The molecule has 1 aromatic carbocycles. The molecule has 0 radical (unpaired) electrons. The van der Waals surface area contributed by atoms with E-state index in [2.05, 4.69) is 38.1 Å². The quantitative estimate of drug-likeness (QED) is 0.737. The molecule has 2 unspecified atom stereocenters. The Hall–Kier alpha value is -0.860. The summed E-state index contributed by atoms with van der Waals surface area (Å²) in [5.74, 6) is 0. The van der Waals surface area contributed by atoms with E-state index in [0.717, 1.165) is 12.0 Å². The lowest BCUT2D eigenvalue weighted by atomic mass is 9.80. The van der Waals surface area contributed by atoms with Gasteiger partial charge in [0.2, 0.25) is 0 Å². The van der Waals surface area contributed by atoms with Crippen molar-refractivity contribution in [1.82, 2.24) is 0 Å². The van der Waals surface area contributed by atoms with Gasteiger partial charge in [0, 0.05) is 5.41 Å². The summed E-state index contributed by atoms with van der Waals surface area (Å²) in [5.41, 5.74) is 2.17. The summed E-state index contributed by atoms with van der Waals surface area (Å²) in [4.78, 5) is 0. The van der Waals surface area contributed by atoms with E-state index in [1.807, 2.05) is 0 Å². The predicted octanol–water partition coefficient (Wildman–Crippen LogP) is 1.99. The Balaban J connectivity index is 2.34. The maximum Gasteiger partial charge on any atom is 0.164 e. The summed E-state index contributed by atoms with van der Waals surface area (Å²) in [6, 6.07) is 8.30. The lowest BCUT2D eigenvalue weighted by Gasteiger charge is -2.26. The number of rotatable bonds is 1. The summed E-state index contributed by atoms with van der Waals surface area (Å²) in [5, 5.41) is 9.75. The monoisotopic (exact) mass is 192 g/mol. The van der Waals surface area contributed by atoms with Crippen LogP contribution in [0, 0.1) is 6.92 Å². The summed E-state index contributed by atoms with van der Waals surface area (Å²) < 4.78 is 5.21. The number of hydrogen-bond donors (Lipinski definition) is 1. The smallest absolute Gasteiger partial charge is 0.164 e. The molecule has 0 spiro atoms. The van der Waals surface area contributed by atoms with Crippen LogP contribution in [0.4, 0.5) is 0 Å². The van der Waals surface area contributed by atoms with Crippen molar-refractivity contribution in [3.8, 4) is 0 Å². The van der Waals surface area contributed by atoms with Crippen molar-refractivity contribution in [2.24, 2.45) is 0 Å². The minimum Gasteiger partial charge on any atom is -0.367 e. The number of aliphatic hydroxyl groups is 1. The van der Waals surface area contributed by atoms with Gasteiger partial charge in [0.15, 0.2) is 6.29 Å². The Morgan fingerprint density at radius 1 is 1.36 bits per heavy atom. The third kappa shape index (κ3) is 1.45. The lowest BCUT2D eigenvalue weighted by molar-refractivity contribution is -0.0892. The molecule has 0 aromatic heterocycles. The van der Waals surface area contributed by atoms with Crippen LogP contribution in [-0.2, 0) is 10.2 Å². The molecule has 0 bridgehead atoms. The first kappa shape index (κ1) is 9.69. The van der Waals surface area contributed by atoms with Crippen LogP contribution in [0.3, 0.4) is 0 Å². The van der Waals surface area contributed by atoms with Crippen LogP contribution >= 0.6 is 0 Å². The van der Waals surface area contributed by atoms with Gasteiger partial charge in [-0.05, 0) is 18.9 Å². The average Bonchev–Trinajstić information content (AvgIpc) is 2.49. The molecule has 2 heteroatoms. The van der Waals surface area contributed by atoms with Crippen LogP contribution in [0.25, 0.3) is 0 Å². The fraction of sp³-hybridized carbons (Fsp3) is 0.500. The van der Waals surface area contributed by atoms with Gasteiger partial charge < -0.3 is 9.84 Å². The Kier molecular flexibility index (Phi) is 2.33. The molecule has 1 aliphatic heterocycles. The van der Waals surface area contributed by atoms with Crippen molar-refractivity contribution in [3.05, 3.63) is 35.4 Å². The highest BCUT2D eigenvalue weighted by Gasteiger charge is 2.40. The number of aliphatic hydroxyl groups excluding tert-OH is 1. The normalized spacial score (nSPS) is 32.1. The molecule has 0 aliphatic carbocycles. The number of hydrogen-bond acceptors (Lipinski definition) is 2. The van der Waals surface area contributed by atoms with Crippen LogP contribution in [-0.4, -0.2) is 18.0 Å². The first-order valence-electron chi connectivity index (χ1n) is 5.00. The van der Waals surface area contributed by atoms with Gasteiger partial charge in [-0.3, -0.25) is 0 Å². The van der Waals surface area contributed by atoms with E-state index in [-0.39, 0.29) is 5.41 Å². The molecule has 1 fully saturated rings. The highest BCUT2D eigenvalue weighted by atomic mass is 16.6. The zero-order chi connectivity index (χ0) is 10.2. The van der Waals surface area contributed by atoms with Crippen LogP contribution in [0.1, 0.15) is 24.5 Å². The molecular weight excluding hydrogens is 176 g/mol. The van der Waals surface area contributed by atoms with Gasteiger partial charge in [0.05, 0.1) is 6.61 Å². The maximum atomic E-state index is 9.75. The molecule has 2 atom stereocenters. The third-order valence-corrected chi connectivity index (χ3v) is 3.15. The standard InChI is InChI=1S/C12H16O2/c1-9-3-5-10(6-4-9)12(2)7-8-14-11(12)13/h3-6,11,13H,7-8H2,1-2H3. The van der Waals surface area contributed by atoms with Crippen LogP contribution in [0.2, 0.25) is 0 Å². The molecule has 1 aliphatic rings. The van der Waals surface area contributed by atoms with Gasteiger partial charge in [0.25, 0.3) is 0 Å².